The number of isocyanates is 1. The van der Waals surface area contributed by atoms with Gasteiger partial charge in [-0.15, -0.1) is 0 Å². The molecule has 1 unspecified atom stereocenters. The number of hydrogen-bond acceptors (Lipinski definition) is 5. The third kappa shape index (κ3) is 2.74. The lowest BCUT2D eigenvalue weighted by Crippen LogP contribution is -2.21. The van der Waals surface area contributed by atoms with Crippen LogP contribution in [0.3, 0.4) is 0 Å². The van der Waals surface area contributed by atoms with Crippen LogP contribution in [0.2, 0.25) is 0 Å². The molecule has 0 spiro atoms. The predicted octanol–water partition coefficient (Wildman–Crippen LogP) is 2.97. The van der Waals surface area contributed by atoms with Crippen molar-refractivity contribution in [3.63, 3.8) is 0 Å². The summed E-state index contributed by atoms with van der Waals surface area (Å²) in [5.41, 5.74) is 0.408. The highest BCUT2D eigenvalue weighted by atomic mass is 16.6. The van der Waals surface area contributed by atoms with Crippen molar-refractivity contribution < 1.29 is 19.0 Å². The van der Waals surface area contributed by atoms with E-state index in [0.717, 1.165) is 44.3 Å². The molecule has 22 heavy (non-hydrogen) atoms. The summed E-state index contributed by atoms with van der Waals surface area (Å²) >= 11 is 0. The molecule has 1 saturated heterocycles. The van der Waals surface area contributed by atoms with Gasteiger partial charge in [-0.3, -0.25) is 0 Å². The average molecular weight is 303 g/mol. The van der Waals surface area contributed by atoms with Crippen LogP contribution in [0.4, 0.5) is 0 Å². The molecule has 1 aliphatic heterocycles. The fourth-order valence-corrected chi connectivity index (χ4v) is 3.46. The highest BCUT2D eigenvalue weighted by Crippen LogP contribution is 2.48. The first-order valence-electron chi connectivity index (χ1n) is 7.80. The highest BCUT2D eigenvalue weighted by Gasteiger charge is 2.39. The van der Waals surface area contributed by atoms with E-state index in [9.17, 15) is 4.79 Å². The smallest absolute Gasteiger partial charge is 0.235 e. The van der Waals surface area contributed by atoms with Crippen LogP contribution in [0.1, 0.15) is 37.7 Å². The molecule has 1 aromatic carbocycles. The topological polar surface area (TPSA) is 57.1 Å². The van der Waals surface area contributed by atoms with Gasteiger partial charge in [0.15, 0.2) is 11.5 Å². The Hall–Kier alpha value is -1.84. The summed E-state index contributed by atoms with van der Waals surface area (Å²) in [6.07, 6.45) is 6.47. The molecule has 118 valence electrons. The second-order valence-electron chi connectivity index (χ2n) is 5.88. The Morgan fingerprint density at radius 2 is 2.18 bits per heavy atom. The number of benzene rings is 1. The van der Waals surface area contributed by atoms with E-state index in [1.54, 1.807) is 13.2 Å². The van der Waals surface area contributed by atoms with Gasteiger partial charge in [0.2, 0.25) is 6.08 Å². The molecule has 0 N–H and O–H groups in total. The standard InChI is InChI=1S/C17H21NO4/c1-20-16-14(17(18-12-19)8-2-3-9-17)5-4-6-15(16)22-13-7-10-21-11-13/h4-6,13H,2-3,7-11H2,1H3. The van der Waals surface area contributed by atoms with Crippen molar-refractivity contribution in [2.24, 2.45) is 4.99 Å². The number of nitrogens with zero attached hydrogens (tertiary/aromatic N) is 1. The largest absolute Gasteiger partial charge is 0.492 e. The zero-order chi connectivity index (χ0) is 15.4. The van der Waals surface area contributed by atoms with Crippen LogP contribution in [-0.4, -0.2) is 32.5 Å². The van der Waals surface area contributed by atoms with Crippen molar-refractivity contribution in [1.29, 1.82) is 0 Å². The van der Waals surface area contributed by atoms with Gasteiger partial charge in [0, 0.05) is 12.0 Å². The van der Waals surface area contributed by atoms with Gasteiger partial charge in [-0.05, 0) is 18.9 Å². The molecular weight excluding hydrogens is 282 g/mol. The van der Waals surface area contributed by atoms with E-state index >= 15 is 0 Å². The lowest BCUT2D eigenvalue weighted by molar-refractivity contribution is 0.138. The fraction of sp³-hybridized carbons (Fsp3) is 0.588. The zero-order valence-electron chi connectivity index (χ0n) is 12.8. The Morgan fingerprint density at radius 1 is 1.36 bits per heavy atom. The Balaban J connectivity index is 1.98. The molecule has 0 bridgehead atoms. The lowest BCUT2D eigenvalue weighted by Gasteiger charge is -2.26. The molecule has 2 fully saturated rings. The number of carbonyl (C=O) groups excluding carboxylic acids is 1. The van der Waals surface area contributed by atoms with E-state index in [1.165, 1.54) is 0 Å². The quantitative estimate of drug-likeness (QED) is 0.620. The van der Waals surface area contributed by atoms with Crippen LogP contribution in [0.15, 0.2) is 23.2 Å². The van der Waals surface area contributed by atoms with Crippen LogP contribution in [0.5, 0.6) is 11.5 Å². The Labute approximate surface area is 130 Å². The minimum Gasteiger partial charge on any atom is -0.492 e. The van der Waals surface area contributed by atoms with Crippen molar-refractivity contribution in [3.05, 3.63) is 23.8 Å². The molecule has 3 rings (SSSR count). The molecule has 1 aromatic rings. The van der Waals surface area contributed by atoms with Gasteiger partial charge in [-0.25, -0.2) is 4.79 Å². The monoisotopic (exact) mass is 303 g/mol. The highest BCUT2D eigenvalue weighted by molar-refractivity contribution is 5.52. The van der Waals surface area contributed by atoms with E-state index in [4.69, 9.17) is 14.2 Å². The molecular formula is C17H21NO4. The van der Waals surface area contributed by atoms with Crippen molar-refractivity contribution in [2.45, 2.75) is 43.7 Å². The van der Waals surface area contributed by atoms with Gasteiger partial charge < -0.3 is 14.2 Å². The number of hydrogen-bond donors (Lipinski definition) is 0. The van der Waals surface area contributed by atoms with Crippen molar-refractivity contribution in [1.82, 2.24) is 0 Å². The molecule has 5 heteroatoms. The zero-order valence-corrected chi connectivity index (χ0v) is 12.8. The molecule has 5 nitrogen and oxygen atoms in total. The van der Waals surface area contributed by atoms with E-state index in [1.807, 2.05) is 18.2 Å². The summed E-state index contributed by atoms with van der Waals surface area (Å²) in [5.74, 6) is 1.37. The van der Waals surface area contributed by atoms with Gasteiger partial charge in [0.05, 0.1) is 20.3 Å². The normalized spacial score (nSPS) is 23.0. The third-order valence-corrected chi connectivity index (χ3v) is 4.56. The summed E-state index contributed by atoms with van der Waals surface area (Å²) < 4.78 is 17.0. The van der Waals surface area contributed by atoms with E-state index in [0.29, 0.717) is 18.1 Å². The van der Waals surface area contributed by atoms with E-state index in [2.05, 4.69) is 4.99 Å². The van der Waals surface area contributed by atoms with E-state index in [-0.39, 0.29) is 6.10 Å². The molecule has 1 saturated carbocycles. The number of rotatable bonds is 5. The molecule has 1 aliphatic carbocycles. The maximum absolute atomic E-state index is 10.9. The number of para-hydroxylation sites is 1. The van der Waals surface area contributed by atoms with Gasteiger partial charge in [0.1, 0.15) is 11.6 Å². The summed E-state index contributed by atoms with van der Waals surface area (Å²) in [6, 6.07) is 5.81. The van der Waals surface area contributed by atoms with Crippen LogP contribution in [0, 0.1) is 0 Å². The predicted molar refractivity (Wildman–Crippen MR) is 81.1 cm³/mol. The summed E-state index contributed by atoms with van der Waals surface area (Å²) in [4.78, 5) is 15.1. The summed E-state index contributed by atoms with van der Waals surface area (Å²) in [6.45, 7) is 1.33. The van der Waals surface area contributed by atoms with Gasteiger partial charge >= 0.3 is 0 Å². The third-order valence-electron chi connectivity index (χ3n) is 4.56. The fourth-order valence-electron chi connectivity index (χ4n) is 3.46. The Kier molecular flexibility index (Phi) is 4.46. The van der Waals surface area contributed by atoms with E-state index < -0.39 is 5.54 Å². The number of aliphatic imine (C=N–C) groups is 1. The molecule has 1 atom stereocenters. The van der Waals surface area contributed by atoms with Crippen LogP contribution < -0.4 is 9.47 Å². The molecule has 2 aliphatic rings. The minimum absolute atomic E-state index is 0.0539. The van der Waals surface area contributed by atoms with Gasteiger partial charge in [0.25, 0.3) is 0 Å². The van der Waals surface area contributed by atoms with Crippen molar-refractivity contribution in [3.8, 4) is 11.5 Å². The van der Waals surface area contributed by atoms with Crippen LogP contribution >= 0.6 is 0 Å². The van der Waals surface area contributed by atoms with Crippen LogP contribution in [-0.2, 0) is 15.1 Å². The van der Waals surface area contributed by atoms with Crippen molar-refractivity contribution >= 4 is 6.08 Å². The Bertz CT molecular complexity index is 568. The minimum atomic E-state index is -0.515. The second kappa shape index (κ2) is 6.51. The molecule has 0 amide bonds. The second-order valence-corrected chi connectivity index (χ2v) is 5.88. The maximum Gasteiger partial charge on any atom is 0.235 e. The summed E-state index contributed by atoms with van der Waals surface area (Å²) in [7, 11) is 1.63. The first-order valence-corrected chi connectivity index (χ1v) is 7.80. The summed E-state index contributed by atoms with van der Waals surface area (Å²) in [5, 5.41) is 0. The first kappa shape index (κ1) is 15.1. The first-order chi connectivity index (χ1) is 10.8. The van der Waals surface area contributed by atoms with Crippen LogP contribution in [0.25, 0.3) is 0 Å². The van der Waals surface area contributed by atoms with Gasteiger partial charge in [-0.2, -0.15) is 4.99 Å². The Morgan fingerprint density at radius 3 is 2.82 bits per heavy atom. The lowest BCUT2D eigenvalue weighted by atomic mass is 9.88. The molecule has 0 radical (unpaired) electrons. The average Bonchev–Trinajstić information content (AvgIpc) is 3.20. The molecule has 1 heterocycles. The SMILES string of the molecule is COc1c(OC2CCOC2)cccc1C1(N=C=O)CCCC1. The number of ether oxygens (including phenoxy) is 3. The maximum atomic E-state index is 10.9. The number of methoxy groups -OCH3 is 1. The van der Waals surface area contributed by atoms with Gasteiger partial charge in [-0.1, -0.05) is 25.0 Å². The van der Waals surface area contributed by atoms with Crippen molar-refractivity contribution in [2.75, 3.05) is 20.3 Å². The molecule has 0 aromatic heterocycles.